The van der Waals surface area contributed by atoms with Gasteiger partial charge in [-0.05, 0) is 12.8 Å². The molecule has 0 saturated carbocycles. The summed E-state index contributed by atoms with van der Waals surface area (Å²) in [5, 5.41) is 3.32. The van der Waals surface area contributed by atoms with Gasteiger partial charge in [0.1, 0.15) is 0 Å². The van der Waals surface area contributed by atoms with Crippen LogP contribution >= 0.6 is 0 Å². The quantitative estimate of drug-likeness (QED) is 0.577. The van der Waals surface area contributed by atoms with E-state index in [9.17, 15) is 0 Å². The molecule has 0 spiro atoms. The molecule has 1 N–H and O–H groups in total. The van der Waals surface area contributed by atoms with Crippen molar-refractivity contribution in [1.82, 2.24) is 5.32 Å². The molecule has 0 aromatic heterocycles. The lowest BCUT2D eigenvalue weighted by atomic mass is 10.1. The van der Waals surface area contributed by atoms with Crippen LogP contribution in [0.15, 0.2) is 0 Å². The van der Waals surface area contributed by atoms with Crippen molar-refractivity contribution in [1.29, 1.82) is 0 Å². The Hall–Kier alpha value is -0.480. The van der Waals surface area contributed by atoms with E-state index in [2.05, 4.69) is 25.1 Å². The first-order chi connectivity index (χ1) is 5.35. The van der Waals surface area contributed by atoms with Crippen molar-refractivity contribution >= 4 is 0 Å². The highest BCUT2D eigenvalue weighted by Crippen LogP contribution is 2.02. The lowest BCUT2D eigenvalue weighted by Gasteiger charge is -2.13. The molecule has 0 aliphatic carbocycles. The van der Waals surface area contributed by atoms with Crippen LogP contribution in [0.25, 0.3) is 0 Å². The van der Waals surface area contributed by atoms with Gasteiger partial charge in [0.2, 0.25) is 0 Å². The second-order valence-electron chi connectivity index (χ2n) is 2.83. The first kappa shape index (κ1) is 10.5. The Morgan fingerprint density at radius 1 is 1.45 bits per heavy atom. The zero-order valence-electron chi connectivity index (χ0n) is 7.69. The number of unbranched alkanes of at least 4 members (excludes halogenated alkanes) is 1. The highest BCUT2D eigenvalue weighted by molar-refractivity contribution is 4.87. The number of hydrogen-bond acceptors (Lipinski definition) is 1. The topological polar surface area (TPSA) is 12.0 Å². The second kappa shape index (κ2) is 7.63. The van der Waals surface area contributed by atoms with Crippen LogP contribution in [-0.4, -0.2) is 12.6 Å². The van der Waals surface area contributed by atoms with Crippen LogP contribution in [0.5, 0.6) is 0 Å². The standard InChI is InChI=1S/C10H19N/c1-4-7-8-10(6-3)11-9-5-2/h2,10-11H,4,6-9H2,1,3H3. The zero-order chi connectivity index (χ0) is 8.53. The summed E-state index contributed by atoms with van der Waals surface area (Å²) in [6.45, 7) is 5.12. The molecule has 0 saturated heterocycles. The summed E-state index contributed by atoms with van der Waals surface area (Å²) in [6.07, 6.45) is 10.2. The largest absolute Gasteiger partial charge is 0.303 e. The first-order valence-electron chi connectivity index (χ1n) is 4.52. The van der Waals surface area contributed by atoms with Crippen LogP contribution in [0, 0.1) is 12.3 Å². The normalized spacial score (nSPS) is 12.5. The highest BCUT2D eigenvalue weighted by atomic mass is 14.9. The maximum atomic E-state index is 5.15. The lowest BCUT2D eigenvalue weighted by molar-refractivity contribution is 0.475. The summed E-state index contributed by atoms with van der Waals surface area (Å²) in [4.78, 5) is 0. The van der Waals surface area contributed by atoms with Crippen molar-refractivity contribution in [2.75, 3.05) is 6.54 Å². The van der Waals surface area contributed by atoms with Gasteiger partial charge >= 0.3 is 0 Å². The molecule has 1 unspecified atom stereocenters. The van der Waals surface area contributed by atoms with Gasteiger partial charge in [-0.2, -0.15) is 0 Å². The molecule has 0 aromatic rings. The average Bonchev–Trinajstić information content (AvgIpc) is 2.05. The van der Waals surface area contributed by atoms with Gasteiger partial charge in [0.25, 0.3) is 0 Å². The summed E-state index contributed by atoms with van der Waals surface area (Å²) < 4.78 is 0. The van der Waals surface area contributed by atoms with Gasteiger partial charge in [-0.15, -0.1) is 6.42 Å². The van der Waals surface area contributed by atoms with E-state index in [1.54, 1.807) is 0 Å². The van der Waals surface area contributed by atoms with E-state index >= 15 is 0 Å². The third-order valence-corrected chi connectivity index (χ3v) is 1.89. The molecule has 0 fully saturated rings. The first-order valence-corrected chi connectivity index (χ1v) is 4.52. The summed E-state index contributed by atoms with van der Waals surface area (Å²) in [5.74, 6) is 2.60. The molecule has 1 nitrogen and oxygen atoms in total. The van der Waals surface area contributed by atoms with Crippen LogP contribution < -0.4 is 5.32 Å². The van der Waals surface area contributed by atoms with E-state index in [0.717, 1.165) is 0 Å². The molecule has 0 bridgehead atoms. The zero-order valence-corrected chi connectivity index (χ0v) is 7.69. The smallest absolute Gasteiger partial charge is 0.0575 e. The number of nitrogens with one attached hydrogen (secondary N) is 1. The summed E-state index contributed by atoms with van der Waals surface area (Å²) in [6, 6.07) is 0.631. The Morgan fingerprint density at radius 3 is 2.64 bits per heavy atom. The van der Waals surface area contributed by atoms with Crippen molar-refractivity contribution < 1.29 is 0 Å². The van der Waals surface area contributed by atoms with Crippen LogP contribution in [0.4, 0.5) is 0 Å². The third-order valence-electron chi connectivity index (χ3n) is 1.89. The molecule has 1 atom stereocenters. The van der Waals surface area contributed by atoms with Gasteiger partial charge in [0, 0.05) is 6.04 Å². The number of hydrogen-bond donors (Lipinski definition) is 1. The van der Waals surface area contributed by atoms with Crippen molar-refractivity contribution in [2.24, 2.45) is 0 Å². The van der Waals surface area contributed by atoms with Crippen LogP contribution in [0.3, 0.4) is 0 Å². The Bertz CT molecular complexity index is 113. The predicted octanol–water partition coefficient (Wildman–Crippen LogP) is 2.18. The maximum Gasteiger partial charge on any atom is 0.0575 e. The van der Waals surface area contributed by atoms with E-state index in [-0.39, 0.29) is 0 Å². The SMILES string of the molecule is C#CCNC(CC)CCCC. The average molecular weight is 153 g/mol. The summed E-state index contributed by atoms with van der Waals surface area (Å²) >= 11 is 0. The fourth-order valence-corrected chi connectivity index (χ4v) is 1.10. The van der Waals surface area contributed by atoms with E-state index in [0.29, 0.717) is 12.6 Å². The van der Waals surface area contributed by atoms with Crippen molar-refractivity contribution in [3.05, 3.63) is 0 Å². The molecule has 0 aliphatic heterocycles. The maximum absolute atomic E-state index is 5.15. The molecular formula is C10H19N. The van der Waals surface area contributed by atoms with Crippen molar-refractivity contribution in [3.8, 4) is 12.3 Å². The van der Waals surface area contributed by atoms with E-state index < -0.39 is 0 Å². The minimum Gasteiger partial charge on any atom is -0.303 e. The van der Waals surface area contributed by atoms with E-state index in [1.807, 2.05) is 0 Å². The lowest BCUT2D eigenvalue weighted by Crippen LogP contribution is -2.28. The Balaban J connectivity index is 3.34. The predicted molar refractivity (Wildman–Crippen MR) is 50.4 cm³/mol. The molecular weight excluding hydrogens is 134 g/mol. The Kier molecular flexibility index (Phi) is 7.29. The Morgan fingerprint density at radius 2 is 2.18 bits per heavy atom. The summed E-state index contributed by atoms with van der Waals surface area (Å²) in [7, 11) is 0. The van der Waals surface area contributed by atoms with Crippen molar-refractivity contribution in [2.45, 2.75) is 45.6 Å². The molecule has 0 radical (unpaired) electrons. The molecule has 0 aromatic carbocycles. The molecule has 0 aliphatic rings. The fourth-order valence-electron chi connectivity index (χ4n) is 1.10. The van der Waals surface area contributed by atoms with Crippen molar-refractivity contribution in [3.63, 3.8) is 0 Å². The van der Waals surface area contributed by atoms with Crippen LogP contribution in [0.2, 0.25) is 0 Å². The van der Waals surface area contributed by atoms with Gasteiger partial charge in [0.05, 0.1) is 6.54 Å². The number of terminal acetylenes is 1. The highest BCUT2D eigenvalue weighted by Gasteiger charge is 2.01. The Labute approximate surface area is 70.6 Å². The van der Waals surface area contributed by atoms with Gasteiger partial charge in [-0.3, -0.25) is 0 Å². The monoisotopic (exact) mass is 153 g/mol. The molecule has 0 amide bonds. The third kappa shape index (κ3) is 5.94. The second-order valence-corrected chi connectivity index (χ2v) is 2.83. The van der Waals surface area contributed by atoms with E-state index in [1.165, 1.54) is 25.7 Å². The van der Waals surface area contributed by atoms with Gasteiger partial charge < -0.3 is 5.32 Å². The molecule has 0 heterocycles. The minimum absolute atomic E-state index is 0.631. The van der Waals surface area contributed by atoms with Crippen LogP contribution in [0.1, 0.15) is 39.5 Å². The fraction of sp³-hybridized carbons (Fsp3) is 0.800. The van der Waals surface area contributed by atoms with Gasteiger partial charge in [-0.1, -0.05) is 32.6 Å². The molecule has 1 heteroatoms. The molecule has 11 heavy (non-hydrogen) atoms. The molecule has 0 rings (SSSR count). The van der Waals surface area contributed by atoms with Crippen LogP contribution in [-0.2, 0) is 0 Å². The minimum atomic E-state index is 0.631. The van der Waals surface area contributed by atoms with E-state index in [4.69, 9.17) is 6.42 Å². The van der Waals surface area contributed by atoms with Gasteiger partial charge in [-0.25, -0.2) is 0 Å². The number of rotatable bonds is 6. The van der Waals surface area contributed by atoms with Gasteiger partial charge in [0.15, 0.2) is 0 Å². The molecule has 64 valence electrons. The summed E-state index contributed by atoms with van der Waals surface area (Å²) in [5.41, 5.74) is 0.